The van der Waals surface area contributed by atoms with Crippen LogP contribution in [0.4, 0.5) is 11.4 Å². The lowest BCUT2D eigenvalue weighted by molar-refractivity contribution is -0.114. The number of carbonyl (C=O) groups excluding carboxylic acids is 3. The van der Waals surface area contributed by atoms with Gasteiger partial charge in [0.05, 0.1) is 5.69 Å². The van der Waals surface area contributed by atoms with Gasteiger partial charge < -0.3 is 20.5 Å². The van der Waals surface area contributed by atoms with Crippen LogP contribution in [-0.4, -0.2) is 33.8 Å². The third-order valence-electron chi connectivity index (χ3n) is 4.41. The molecule has 0 fully saturated rings. The second kappa shape index (κ2) is 8.51. The first-order valence-corrected chi connectivity index (χ1v) is 9.17. The molecule has 0 unspecified atom stereocenters. The zero-order chi connectivity index (χ0) is 20.1. The molecular weight excluding hydrogens is 358 g/mol. The Morgan fingerprint density at radius 2 is 1.79 bits per heavy atom. The van der Waals surface area contributed by atoms with Crippen molar-refractivity contribution in [3.63, 3.8) is 0 Å². The van der Waals surface area contributed by atoms with Crippen molar-refractivity contribution in [2.75, 3.05) is 17.2 Å². The number of nitrogens with one attached hydrogen (secondary N) is 3. The Morgan fingerprint density at radius 3 is 2.43 bits per heavy atom. The predicted octanol–water partition coefficient (Wildman–Crippen LogP) is 2.35. The van der Waals surface area contributed by atoms with E-state index in [9.17, 15) is 14.4 Å². The topological polar surface area (TPSA) is 105 Å². The molecule has 3 rings (SSSR count). The van der Waals surface area contributed by atoms with Gasteiger partial charge in [-0.2, -0.15) is 0 Å². The number of rotatable bonds is 6. The summed E-state index contributed by atoms with van der Waals surface area (Å²) in [7, 11) is 0. The van der Waals surface area contributed by atoms with E-state index in [4.69, 9.17) is 0 Å². The highest BCUT2D eigenvalue weighted by Gasteiger charge is 2.27. The lowest BCUT2D eigenvalue weighted by atomic mass is 10.1. The van der Waals surface area contributed by atoms with Gasteiger partial charge in [-0.25, -0.2) is 4.98 Å². The molecule has 1 aliphatic rings. The van der Waals surface area contributed by atoms with Crippen LogP contribution in [0.2, 0.25) is 0 Å². The van der Waals surface area contributed by atoms with Gasteiger partial charge in [-0.15, -0.1) is 6.58 Å². The van der Waals surface area contributed by atoms with Crippen molar-refractivity contribution in [3.05, 3.63) is 54.1 Å². The summed E-state index contributed by atoms with van der Waals surface area (Å²) in [5, 5.41) is 8.20. The van der Waals surface area contributed by atoms with Crippen molar-refractivity contribution < 1.29 is 14.4 Å². The van der Waals surface area contributed by atoms with Crippen molar-refractivity contribution in [2.45, 2.75) is 32.7 Å². The number of anilines is 2. The number of carbonyl (C=O) groups is 3. The summed E-state index contributed by atoms with van der Waals surface area (Å²) >= 11 is 0. The molecule has 0 saturated carbocycles. The lowest BCUT2D eigenvalue weighted by Crippen LogP contribution is -2.28. The van der Waals surface area contributed by atoms with Crippen LogP contribution in [-0.2, 0) is 17.8 Å². The molecule has 2 aromatic rings. The molecule has 0 spiro atoms. The molecule has 0 aliphatic carbocycles. The zero-order valence-corrected chi connectivity index (χ0v) is 15.7. The van der Waals surface area contributed by atoms with Gasteiger partial charge in [-0.1, -0.05) is 6.08 Å². The van der Waals surface area contributed by atoms with E-state index in [-0.39, 0.29) is 29.2 Å². The van der Waals surface area contributed by atoms with E-state index < -0.39 is 0 Å². The number of aromatic nitrogens is 2. The number of fused-ring (bicyclic) bond motifs is 1. The second-order valence-electron chi connectivity index (χ2n) is 6.55. The molecule has 1 aliphatic heterocycles. The third-order valence-corrected chi connectivity index (χ3v) is 4.41. The van der Waals surface area contributed by atoms with Gasteiger partial charge in [0.25, 0.3) is 11.8 Å². The number of amides is 3. The molecule has 2 heterocycles. The van der Waals surface area contributed by atoms with E-state index in [2.05, 4.69) is 27.5 Å². The summed E-state index contributed by atoms with van der Waals surface area (Å²) in [5.41, 5.74) is 2.28. The maximum Gasteiger partial charge on any atom is 0.287 e. The van der Waals surface area contributed by atoms with E-state index in [1.165, 1.54) is 6.92 Å². The molecule has 1 aromatic heterocycles. The van der Waals surface area contributed by atoms with E-state index >= 15 is 0 Å². The van der Waals surface area contributed by atoms with Crippen molar-refractivity contribution in [3.8, 4) is 0 Å². The normalized spacial score (nSPS) is 12.6. The number of hydrogen-bond donors (Lipinski definition) is 3. The van der Waals surface area contributed by atoms with E-state index in [0.29, 0.717) is 30.9 Å². The number of benzene rings is 1. The van der Waals surface area contributed by atoms with Crippen LogP contribution in [0.5, 0.6) is 0 Å². The second-order valence-corrected chi connectivity index (χ2v) is 6.55. The zero-order valence-electron chi connectivity index (χ0n) is 15.7. The fourth-order valence-corrected chi connectivity index (χ4v) is 3.17. The Balaban J connectivity index is 1.81. The van der Waals surface area contributed by atoms with Crippen molar-refractivity contribution in [1.29, 1.82) is 0 Å². The Kier molecular flexibility index (Phi) is 5.88. The number of imidazole rings is 1. The minimum Gasteiger partial charge on any atom is -0.346 e. The molecule has 146 valence electrons. The third kappa shape index (κ3) is 4.28. The molecule has 28 heavy (non-hydrogen) atoms. The monoisotopic (exact) mass is 381 g/mol. The van der Waals surface area contributed by atoms with Crippen LogP contribution in [0.3, 0.4) is 0 Å². The van der Waals surface area contributed by atoms with Crippen LogP contribution in [0, 0.1) is 0 Å². The lowest BCUT2D eigenvalue weighted by Gasteiger charge is -2.17. The van der Waals surface area contributed by atoms with Crippen LogP contribution in [0.15, 0.2) is 36.9 Å². The standard InChI is InChI=1S/C20H23N5O3/c1-3-11-21-20(28)18-24-17(16-6-4-5-12-25(16)18)19(27)23-15-9-7-14(8-10-15)22-13(2)26/h3,7-10H,1,4-6,11-12H2,2H3,(H,21,28)(H,22,26)(H,23,27). The molecule has 3 N–H and O–H groups in total. The smallest absolute Gasteiger partial charge is 0.287 e. The van der Waals surface area contributed by atoms with Crippen molar-refractivity contribution in [1.82, 2.24) is 14.9 Å². The van der Waals surface area contributed by atoms with Gasteiger partial charge in [0.15, 0.2) is 11.5 Å². The van der Waals surface area contributed by atoms with Crippen LogP contribution in [0.25, 0.3) is 0 Å². The Labute approximate surface area is 163 Å². The summed E-state index contributed by atoms with van der Waals surface area (Å²) < 4.78 is 1.83. The first-order chi connectivity index (χ1) is 13.5. The molecule has 0 atom stereocenters. The largest absolute Gasteiger partial charge is 0.346 e. The average molecular weight is 381 g/mol. The van der Waals surface area contributed by atoms with Gasteiger partial charge in [0.2, 0.25) is 5.91 Å². The molecule has 0 saturated heterocycles. The van der Waals surface area contributed by atoms with Gasteiger partial charge >= 0.3 is 0 Å². The Bertz CT molecular complexity index is 915. The van der Waals surface area contributed by atoms with Crippen LogP contribution >= 0.6 is 0 Å². The first-order valence-electron chi connectivity index (χ1n) is 9.17. The van der Waals surface area contributed by atoms with Crippen molar-refractivity contribution >= 4 is 29.1 Å². The summed E-state index contributed by atoms with van der Waals surface area (Å²) in [6.45, 7) is 6.02. The Morgan fingerprint density at radius 1 is 1.11 bits per heavy atom. The fourth-order valence-electron chi connectivity index (χ4n) is 3.17. The molecule has 1 aromatic carbocycles. The minimum atomic E-state index is -0.360. The van der Waals surface area contributed by atoms with Crippen molar-refractivity contribution in [2.24, 2.45) is 0 Å². The molecular formula is C20H23N5O3. The average Bonchev–Trinajstić information content (AvgIpc) is 3.07. The Hall–Kier alpha value is -3.42. The highest BCUT2D eigenvalue weighted by Crippen LogP contribution is 2.22. The van der Waals surface area contributed by atoms with Gasteiger partial charge in [0, 0.05) is 31.4 Å². The van der Waals surface area contributed by atoms with E-state index in [0.717, 1.165) is 18.5 Å². The van der Waals surface area contributed by atoms with Crippen LogP contribution in [0.1, 0.15) is 46.6 Å². The highest BCUT2D eigenvalue weighted by molar-refractivity contribution is 6.05. The summed E-state index contributed by atoms with van der Waals surface area (Å²) in [6, 6.07) is 6.80. The van der Waals surface area contributed by atoms with E-state index in [1.807, 2.05) is 4.57 Å². The maximum atomic E-state index is 12.8. The minimum absolute atomic E-state index is 0.163. The molecule has 0 bridgehead atoms. The fraction of sp³-hybridized carbons (Fsp3) is 0.300. The summed E-state index contributed by atoms with van der Waals surface area (Å²) in [5.74, 6) is -0.589. The quantitative estimate of drug-likeness (QED) is 0.668. The maximum absolute atomic E-state index is 12.8. The number of hydrogen-bond acceptors (Lipinski definition) is 4. The first kappa shape index (κ1) is 19.3. The summed E-state index contributed by atoms with van der Waals surface area (Å²) in [6.07, 6.45) is 4.18. The van der Waals surface area contributed by atoms with Gasteiger partial charge in [-0.05, 0) is 43.5 Å². The molecule has 8 heteroatoms. The van der Waals surface area contributed by atoms with Gasteiger partial charge in [-0.3, -0.25) is 14.4 Å². The number of nitrogens with zero attached hydrogens (tertiary/aromatic N) is 2. The van der Waals surface area contributed by atoms with E-state index in [1.54, 1.807) is 30.3 Å². The molecule has 3 amide bonds. The molecule has 0 radical (unpaired) electrons. The summed E-state index contributed by atoms with van der Waals surface area (Å²) in [4.78, 5) is 40.6. The van der Waals surface area contributed by atoms with Crippen LogP contribution < -0.4 is 16.0 Å². The van der Waals surface area contributed by atoms with Gasteiger partial charge in [0.1, 0.15) is 0 Å². The predicted molar refractivity (Wildman–Crippen MR) is 106 cm³/mol. The molecule has 8 nitrogen and oxygen atoms in total. The SMILES string of the molecule is C=CCNC(=O)c1nc(C(=O)Nc2ccc(NC(C)=O)cc2)c2n1CCCC2. The highest BCUT2D eigenvalue weighted by atomic mass is 16.2.